The molecule has 0 fully saturated rings. The maximum Gasteiger partial charge on any atom is 0.250 e. The molecule has 10 heteroatoms. The van der Waals surface area contributed by atoms with Gasteiger partial charge in [0.2, 0.25) is 5.13 Å². The van der Waals surface area contributed by atoms with E-state index in [0.29, 0.717) is 23.0 Å². The summed E-state index contributed by atoms with van der Waals surface area (Å²) in [4.78, 5) is 18.0. The van der Waals surface area contributed by atoms with Crippen molar-refractivity contribution in [2.24, 2.45) is 5.10 Å². The molecule has 3 aromatic carbocycles. The lowest BCUT2D eigenvalue weighted by atomic mass is 10.2. The summed E-state index contributed by atoms with van der Waals surface area (Å²) in [5.41, 5.74) is 1.43. The van der Waals surface area contributed by atoms with E-state index in [1.54, 1.807) is 37.4 Å². The van der Waals surface area contributed by atoms with Gasteiger partial charge in [0.05, 0.1) is 40.8 Å². The zero-order chi connectivity index (χ0) is 25.5. The fourth-order valence-electron chi connectivity index (χ4n) is 3.35. The molecule has 0 N–H and O–H groups in total. The van der Waals surface area contributed by atoms with Crippen molar-refractivity contribution in [1.82, 2.24) is 4.98 Å². The van der Waals surface area contributed by atoms with E-state index in [9.17, 15) is 13.2 Å². The van der Waals surface area contributed by atoms with Gasteiger partial charge in [-0.1, -0.05) is 29.5 Å². The second-order valence-corrected chi connectivity index (χ2v) is 10.8. The molecule has 186 valence electrons. The third-order valence-electron chi connectivity index (χ3n) is 5.20. The number of ether oxygens (including phenoxy) is 2. The largest absolute Gasteiger partial charge is 0.497 e. The van der Waals surface area contributed by atoms with Crippen LogP contribution in [0.15, 0.2) is 82.8 Å². The fourth-order valence-corrected chi connectivity index (χ4v) is 5.57. The number of hydrogen-bond acceptors (Lipinski definition) is 8. The zero-order valence-electron chi connectivity index (χ0n) is 19.8. The molecular weight excluding hydrogens is 498 g/mol. The van der Waals surface area contributed by atoms with Gasteiger partial charge >= 0.3 is 0 Å². The molecule has 0 saturated heterocycles. The van der Waals surface area contributed by atoms with Gasteiger partial charge in [0.1, 0.15) is 11.5 Å². The molecule has 0 bridgehead atoms. The van der Waals surface area contributed by atoms with Crippen molar-refractivity contribution in [3.05, 3.63) is 78.4 Å². The molecule has 1 heterocycles. The highest BCUT2D eigenvalue weighted by atomic mass is 32.2. The molecule has 4 aromatic rings. The van der Waals surface area contributed by atoms with Crippen LogP contribution in [0, 0.1) is 0 Å². The van der Waals surface area contributed by atoms with E-state index in [4.69, 9.17) is 9.47 Å². The number of nitrogens with zero attached hydrogens (tertiary/aromatic N) is 3. The number of carbonyl (C=O) groups is 1. The lowest BCUT2D eigenvalue weighted by molar-refractivity contribution is -0.118. The SMILES string of the molecule is CCOc1ccc(/C=N/N(C(=O)CCS(=O)(=O)c2ccccc2)c2nc3ccc(OC)cc3s2)cc1. The van der Waals surface area contributed by atoms with E-state index in [-0.39, 0.29) is 17.1 Å². The average molecular weight is 524 g/mol. The van der Waals surface area contributed by atoms with Crippen molar-refractivity contribution in [2.75, 3.05) is 24.5 Å². The molecule has 4 rings (SSSR count). The minimum Gasteiger partial charge on any atom is -0.497 e. The minimum atomic E-state index is -3.63. The van der Waals surface area contributed by atoms with Crippen molar-refractivity contribution >= 4 is 48.6 Å². The Bertz CT molecular complexity index is 1470. The summed E-state index contributed by atoms with van der Waals surface area (Å²) in [5, 5.41) is 5.89. The zero-order valence-corrected chi connectivity index (χ0v) is 21.5. The van der Waals surface area contributed by atoms with E-state index < -0.39 is 15.7 Å². The second-order valence-electron chi connectivity index (χ2n) is 7.66. The third-order valence-corrected chi connectivity index (χ3v) is 7.93. The molecule has 0 aliphatic carbocycles. The number of thiazole rings is 1. The van der Waals surface area contributed by atoms with Crippen LogP contribution in [-0.4, -0.2) is 45.0 Å². The van der Waals surface area contributed by atoms with E-state index in [1.165, 1.54) is 29.7 Å². The number of sulfone groups is 1. The Morgan fingerprint density at radius 1 is 1.06 bits per heavy atom. The van der Waals surface area contributed by atoms with Gasteiger partial charge in [-0.3, -0.25) is 4.79 Å². The number of hydrazone groups is 1. The molecule has 0 spiro atoms. The van der Waals surface area contributed by atoms with Crippen LogP contribution in [0.25, 0.3) is 10.2 Å². The Morgan fingerprint density at radius 3 is 2.47 bits per heavy atom. The number of fused-ring (bicyclic) bond motifs is 1. The third kappa shape index (κ3) is 6.07. The highest BCUT2D eigenvalue weighted by Crippen LogP contribution is 2.32. The van der Waals surface area contributed by atoms with Crippen LogP contribution in [0.1, 0.15) is 18.9 Å². The number of benzene rings is 3. The summed E-state index contributed by atoms with van der Waals surface area (Å²) >= 11 is 1.27. The van der Waals surface area contributed by atoms with Crippen molar-refractivity contribution < 1.29 is 22.7 Å². The van der Waals surface area contributed by atoms with Crippen molar-refractivity contribution in [2.45, 2.75) is 18.2 Å². The van der Waals surface area contributed by atoms with Crippen LogP contribution in [0.4, 0.5) is 5.13 Å². The topological polar surface area (TPSA) is 98.2 Å². The summed E-state index contributed by atoms with van der Waals surface area (Å²) in [5.74, 6) is 0.572. The first-order valence-electron chi connectivity index (χ1n) is 11.2. The van der Waals surface area contributed by atoms with E-state index in [1.807, 2.05) is 37.3 Å². The average Bonchev–Trinajstić information content (AvgIpc) is 3.32. The summed E-state index contributed by atoms with van der Waals surface area (Å²) in [6.07, 6.45) is 1.28. The van der Waals surface area contributed by atoms with Gasteiger partial charge in [-0.25, -0.2) is 13.4 Å². The molecule has 36 heavy (non-hydrogen) atoms. The van der Waals surface area contributed by atoms with E-state index in [2.05, 4.69) is 10.1 Å². The lowest BCUT2D eigenvalue weighted by Gasteiger charge is -2.14. The van der Waals surface area contributed by atoms with Crippen LogP contribution < -0.4 is 14.5 Å². The van der Waals surface area contributed by atoms with Gasteiger partial charge in [-0.2, -0.15) is 10.1 Å². The molecule has 0 aliphatic heterocycles. The first-order chi connectivity index (χ1) is 17.4. The predicted molar refractivity (Wildman–Crippen MR) is 142 cm³/mol. The number of methoxy groups -OCH3 is 1. The first-order valence-corrected chi connectivity index (χ1v) is 13.7. The van der Waals surface area contributed by atoms with E-state index in [0.717, 1.165) is 21.0 Å². The molecule has 0 aliphatic rings. The molecule has 8 nitrogen and oxygen atoms in total. The quantitative estimate of drug-likeness (QED) is 0.216. The van der Waals surface area contributed by atoms with Crippen LogP contribution in [-0.2, 0) is 14.6 Å². The molecule has 0 saturated carbocycles. The molecule has 1 aromatic heterocycles. The van der Waals surface area contributed by atoms with Crippen LogP contribution >= 0.6 is 11.3 Å². The van der Waals surface area contributed by atoms with E-state index >= 15 is 0 Å². The standard InChI is InChI=1S/C26H25N3O5S2/c1-3-34-20-11-9-19(10-12-20)18-27-29(26-28-23-14-13-21(33-2)17-24(23)35-26)25(30)15-16-36(31,32)22-7-5-4-6-8-22/h4-14,17-18H,3,15-16H2,1-2H3/b27-18+. The molecule has 0 atom stereocenters. The number of anilines is 1. The summed E-state index contributed by atoms with van der Waals surface area (Å²) in [7, 11) is -2.05. The Kier molecular flexibility index (Phi) is 7.97. The summed E-state index contributed by atoms with van der Waals surface area (Å²) in [6.45, 7) is 2.47. The van der Waals surface area contributed by atoms with Crippen LogP contribution in [0.5, 0.6) is 11.5 Å². The highest BCUT2D eigenvalue weighted by Gasteiger charge is 2.23. The second kappa shape index (κ2) is 11.3. The van der Waals surface area contributed by atoms with Crippen molar-refractivity contribution in [3.63, 3.8) is 0 Å². The molecule has 0 unspecified atom stereocenters. The smallest absolute Gasteiger partial charge is 0.250 e. The summed E-state index contributed by atoms with van der Waals surface area (Å²) < 4.78 is 37.0. The normalized spacial score (nSPS) is 11.6. The Hall–Kier alpha value is -3.76. The van der Waals surface area contributed by atoms with Crippen molar-refractivity contribution in [3.8, 4) is 11.5 Å². The first kappa shape index (κ1) is 25.3. The maximum absolute atomic E-state index is 13.3. The Morgan fingerprint density at radius 2 is 1.78 bits per heavy atom. The molecule has 0 radical (unpaired) electrons. The number of hydrogen-bond donors (Lipinski definition) is 0. The summed E-state index contributed by atoms with van der Waals surface area (Å²) in [6, 6.07) is 20.8. The number of amides is 1. The molecular formula is C26H25N3O5S2. The highest BCUT2D eigenvalue weighted by molar-refractivity contribution is 7.91. The lowest BCUT2D eigenvalue weighted by Crippen LogP contribution is -2.27. The Balaban J connectivity index is 1.61. The van der Waals surface area contributed by atoms with Crippen LogP contribution in [0.3, 0.4) is 0 Å². The monoisotopic (exact) mass is 523 g/mol. The van der Waals surface area contributed by atoms with Crippen LogP contribution in [0.2, 0.25) is 0 Å². The van der Waals surface area contributed by atoms with Gasteiger partial charge < -0.3 is 9.47 Å². The number of rotatable bonds is 10. The van der Waals surface area contributed by atoms with Gasteiger partial charge in [-0.05, 0) is 67.1 Å². The maximum atomic E-state index is 13.3. The predicted octanol–water partition coefficient (Wildman–Crippen LogP) is 4.93. The van der Waals surface area contributed by atoms with Crippen molar-refractivity contribution in [1.29, 1.82) is 0 Å². The van der Waals surface area contributed by atoms with Gasteiger partial charge in [-0.15, -0.1) is 0 Å². The van der Waals surface area contributed by atoms with Gasteiger partial charge in [0.15, 0.2) is 9.84 Å². The fraction of sp³-hybridized carbons (Fsp3) is 0.192. The van der Waals surface area contributed by atoms with Gasteiger partial charge in [0.25, 0.3) is 5.91 Å². The number of aromatic nitrogens is 1. The van der Waals surface area contributed by atoms with Gasteiger partial charge in [0, 0.05) is 6.42 Å². The molecule has 1 amide bonds. The Labute approximate surface area is 213 Å². The minimum absolute atomic E-state index is 0.175. The number of carbonyl (C=O) groups excluding carboxylic acids is 1.